The first kappa shape index (κ1) is 24.2. The number of ether oxygens (including phenoxy) is 1. The lowest BCUT2D eigenvalue weighted by Crippen LogP contribution is -2.11. The van der Waals surface area contributed by atoms with Crippen LogP contribution < -0.4 is 4.74 Å². The minimum atomic E-state index is 0.116. The van der Waals surface area contributed by atoms with Gasteiger partial charge in [0.15, 0.2) is 0 Å². The van der Waals surface area contributed by atoms with E-state index < -0.39 is 0 Å². The second-order valence-corrected chi connectivity index (χ2v) is 6.85. The highest BCUT2D eigenvalue weighted by molar-refractivity contribution is 5.73. The van der Waals surface area contributed by atoms with Gasteiger partial charge in [-0.15, -0.1) is 0 Å². The third-order valence-corrected chi connectivity index (χ3v) is 4.01. The number of benzene rings is 1. The van der Waals surface area contributed by atoms with E-state index in [9.17, 15) is 0 Å². The van der Waals surface area contributed by atoms with Crippen molar-refractivity contribution in [3.8, 4) is 16.9 Å². The van der Waals surface area contributed by atoms with E-state index in [1.54, 1.807) is 7.11 Å². The Morgan fingerprint density at radius 1 is 0.923 bits per heavy atom. The van der Waals surface area contributed by atoms with Gasteiger partial charge in [-0.3, -0.25) is 4.98 Å². The fourth-order valence-electron chi connectivity index (χ4n) is 2.68. The van der Waals surface area contributed by atoms with Crippen molar-refractivity contribution in [1.29, 1.82) is 0 Å². The Morgan fingerprint density at radius 2 is 1.54 bits per heavy atom. The average Bonchev–Trinajstić information content (AvgIpc) is 2.64. The Balaban J connectivity index is 0.00000146. The van der Waals surface area contributed by atoms with Crippen molar-refractivity contribution in [2.24, 2.45) is 0 Å². The molecule has 0 aliphatic rings. The van der Waals surface area contributed by atoms with Crippen LogP contribution in [0.2, 0.25) is 0 Å². The smallest absolute Gasteiger partial charge is 0.126 e. The number of hydrogen-bond donors (Lipinski definition) is 0. The van der Waals surface area contributed by atoms with Crippen molar-refractivity contribution in [1.82, 2.24) is 4.98 Å². The van der Waals surface area contributed by atoms with Gasteiger partial charge in [-0.05, 0) is 42.5 Å². The summed E-state index contributed by atoms with van der Waals surface area (Å²) in [7, 11) is 1.73. The fraction of sp³-hybridized carbons (Fsp3) is 0.542. The van der Waals surface area contributed by atoms with Gasteiger partial charge < -0.3 is 4.74 Å². The van der Waals surface area contributed by atoms with E-state index in [0.29, 0.717) is 0 Å². The van der Waals surface area contributed by atoms with E-state index in [4.69, 9.17) is 9.72 Å². The minimum Gasteiger partial charge on any atom is -0.496 e. The van der Waals surface area contributed by atoms with Crippen LogP contribution in [0.5, 0.6) is 5.75 Å². The first-order chi connectivity index (χ1) is 12.4. The van der Waals surface area contributed by atoms with Crippen LogP contribution in [0.15, 0.2) is 30.3 Å². The molecule has 0 fully saturated rings. The predicted molar refractivity (Wildman–Crippen MR) is 116 cm³/mol. The Labute approximate surface area is 162 Å². The lowest BCUT2D eigenvalue weighted by Gasteiger charge is -2.21. The highest BCUT2D eigenvalue weighted by Crippen LogP contribution is 2.35. The molecule has 26 heavy (non-hydrogen) atoms. The van der Waals surface area contributed by atoms with Gasteiger partial charge in [-0.1, -0.05) is 73.9 Å². The summed E-state index contributed by atoms with van der Waals surface area (Å²) < 4.78 is 5.57. The van der Waals surface area contributed by atoms with Crippen molar-refractivity contribution >= 4 is 0 Å². The molecular weight excluding hydrogens is 318 g/mol. The van der Waals surface area contributed by atoms with Gasteiger partial charge in [0.1, 0.15) is 5.75 Å². The van der Waals surface area contributed by atoms with Gasteiger partial charge in [0, 0.05) is 22.5 Å². The highest BCUT2D eigenvalue weighted by Gasteiger charge is 2.17. The molecule has 0 atom stereocenters. The predicted octanol–water partition coefficient (Wildman–Crippen LogP) is 7.37. The molecule has 0 spiro atoms. The molecule has 0 bridgehead atoms. The summed E-state index contributed by atoms with van der Waals surface area (Å²) in [6.07, 6.45) is 2.15. The number of aryl methyl sites for hydroxylation is 2. The molecule has 0 amide bonds. The molecule has 0 saturated heterocycles. The molecule has 2 rings (SSSR count). The maximum Gasteiger partial charge on any atom is 0.126 e. The quantitative estimate of drug-likeness (QED) is 0.570. The van der Waals surface area contributed by atoms with Crippen molar-refractivity contribution in [2.75, 3.05) is 7.11 Å². The van der Waals surface area contributed by atoms with Crippen LogP contribution in [0.3, 0.4) is 0 Å². The van der Waals surface area contributed by atoms with Crippen LogP contribution in [0, 0.1) is 6.92 Å². The zero-order valence-corrected chi connectivity index (χ0v) is 18.7. The molecule has 0 unspecified atom stereocenters. The Hall–Kier alpha value is -1.83. The summed E-state index contributed by atoms with van der Waals surface area (Å²) in [6, 6.07) is 10.8. The molecule has 146 valence electrons. The molecule has 2 nitrogen and oxygen atoms in total. The van der Waals surface area contributed by atoms with Crippen LogP contribution in [0.25, 0.3) is 11.1 Å². The standard InChI is InChI=1S/C20H27NO.2C2H6/c1-7-8-16-10-11-17(14(2)21-16)18-13-15(20(3,4)5)9-12-19(18)22-6;2*1-2/h9-13H,7-8H2,1-6H3;2*1-2H3. The largest absolute Gasteiger partial charge is 0.496 e. The fourth-order valence-corrected chi connectivity index (χ4v) is 2.68. The summed E-state index contributed by atoms with van der Waals surface area (Å²) in [6.45, 7) is 19.0. The van der Waals surface area contributed by atoms with E-state index in [2.05, 4.69) is 65.0 Å². The van der Waals surface area contributed by atoms with Crippen LogP contribution >= 0.6 is 0 Å². The second-order valence-electron chi connectivity index (χ2n) is 6.85. The number of methoxy groups -OCH3 is 1. The molecule has 0 aliphatic carbocycles. The number of pyridine rings is 1. The van der Waals surface area contributed by atoms with Crippen LogP contribution in [-0.2, 0) is 11.8 Å². The number of rotatable bonds is 4. The Morgan fingerprint density at radius 3 is 2.00 bits per heavy atom. The maximum atomic E-state index is 5.57. The van der Waals surface area contributed by atoms with Crippen molar-refractivity contribution in [3.63, 3.8) is 0 Å². The molecule has 0 saturated carbocycles. The zero-order chi connectivity index (χ0) is 20.3. The van der Waals surface area contributed by atoms with E-state index in [0.717, 1.165) is 41.1 Å². The SMILES string of the molecule is CC.CC.CCCc1ccc(-c2cc(C(C)(C)C)ccc2OC)c(C)n1. The maximum absolute atomic E-state index is 5.57. The topological polar surface area (TPSA) is 22.1 Å². The van der Waals surface area contributed by atoms with Gasteiger partial charge in [0.2, 0.25) is 0 Å². The number of hydrogen-bond acceptors (Lipinski definition) is 2. The first-order valence-corrected chi connectivity index (χ1v) is 10.0. The molecule has 2 heteroatoms. The van der Waals surface area contributed by atoms with Crippen molar-refractivity contribution in [3.05, 3.63) is 47.3 Å². The van der Waals surface area contributed by atoms with Gasteiger partial charge >= 0.3 is 0 Å². The normalized spacial score (nSPS) is 10.2. The van der Waals surface area contributed by atoms with Crippen LogP contribution in [-0.4, -0.2) is 12.1 Å². The second kappa shape index (κ2) is 11.7. The van der Waals surface area contributed by atoms with E-state index >= 15 is 0 Å². The van der Waals surface area contributed by atoms with Gasteiger partial charge in [0.05, 0.1) is 7.11 Å². The monoisotopic (exact) mass is 357 g/mol. The van der Waals surface area contributed by atoms with Gasteiger partial charge in [-0.2, -0.15) is 0 Å². The summed E-state index contributed by atoms with van der Waals surface area (Å²) in [5.74, 6) is 0.904. The minimum absolute atomic E-state index is 0.116. The highest BCUT2D eigenvalue weighted by atomic mass is 16.5. The molecule has 0 aliphatic heterocycles. The molecule has 1 aromatic carbocycles. The third kappa shape index (κ3) is 6.48. The van der Waals surface area contributed by atoms with Crippen molar-refractivity contribution in [2.45, 2.75) is 80.6 Å². The zero-order valence-electron chi connectivity index (χ0n) is 18.7. The van der Waals surface area contributed by atoms with Crippen LogP contribution in [0.4, 0.5) is 0 Å². The molecule has 1 heterocycles. The molecule has 0 radical (unpaired) electrons. The summed E-state index contributed by atoms with van der Waals surface area (Å²) in [5, 5.41) is 0. The lowest BCUT2D eigenvalue weighted by atomic mass is 9.85. The number of aromatic nitrogens is 1. The number of nitrogens with zero attached hydrogens (tertiary/aromatic N) is 1. The lowest BCUT2D eigenvalue weighted by molar-refractivity contribution is 0.416. The summed E-state index contributed by atoms with van der Waals surface area (Å²) in [5.41, 5.74) is 5.93. The third-order valence-electron chi connectivity index (χ3n) is 4.01. The first-order valence-electron chi connectivity index (χ1n) is 10.0. The van der Waals surface area contributed by atoms with Crippen molar-refractivity contribution < 1.29 is 4.74 Å². The molecule has 1 aromatic heterocycles. The van der Waals surface area contributed by atoms with Crippen LogP contribution in [0.1, 0.15) is 78.8 Å². The molecule has 2 aromatic rings. The van der Waals surface area contributed by atoms with E-state index in [1.807, 2.05) is 27.7 Å². The summed E-state index contributed by atoms with van der Waals surface area (Å²) >= 11 is 0. The Bertz CT molecular complexity index is 654. The van der Waals surface area contributed by atoms with E-state index in [1.165, 1.54) is 5.56 Å². The van der Waals surface area contributed by atoms with Gasteiger partial charge in [0.25, 0.3) is 0 Å². The van der Waals surface area contributed by atoms with E-state index in [-0.39, 0.29) is 5.41 Å². The summed E-state index contributed by atoms with van der Waals surface area (Å²) in [4.78, 5) is 4.75. The molecular formula is C24H39NO. The molecule has 0 N–H and O–H groups in total. The van der Waals surface area contributed by atoms with Gasteiger partial charge in [-0.25, -0.2) is 0 Å². The Kier molecular flexibility index (Phi) is 10.9. The average molecular weight is 358 g/mol.